The molecule has 7 atom stereocenters. The summed E-state index contributed by atoms with van der Waals surface area (Å²) >= 11 is 0. The van der Waals surface area contributed by atoms with Crippen LogP contribution in [0.25, 0.3) is 0 Å². The number of nitrogens with zero attached hydrogens (tertiary/aromatic N) is 2. The summed E-state index contributed by atoms with van der Waals surface area (Å²) in [5.41, 5.74) is 1.25. The number of aromatic hydroxyl groups is 1. The average molecular weight is 489 g/mol. The summed E-state index contributed by atoms with van der Waals surface area (Å²) in [6.45, 7) is 4.18. The lowest BCUT2D eigenvalue weighted by Gasteiger charge is -2.75. The van der Waals surface area contributed by atoms with Gasteiger partial charge in [0.15, 0.2) is 11.5 Å². The lowest BCUT2D eigenvalue weighted by atomic mass is 9.33. The molecule has 2 spiro atoms. The van der Waals surface area contributed by atoms with Crippen molar-refractivity contribution in [3.8, 4) is 11.5 Å². The zero-order chi connectivity index (χ0) is 24.5. The zero-order valence-electron chi connectivity index (χ0n) is 21.2. The SMILES string of the molecule is COC12CCC3(CC1C(C)(O)c1ccccn1)C1Cc4ccc(O)c5c4C3(CCN1CC1CC1)C2O5. The van der Waals surface area contributed by atoms with Crippen LogP contribution in [0.2, 0.25) is 0 Å². The third kappa shape index (κ3) is 2.34. The summed E-state index contributed by atoms with van der Waals surface area (Å²) in [4.78, 5) is 7.41. The van der Waals surface area contributed by atoms with Crippen molar-refractivity contribution >= 4 is 0 Å². The largest absolute Gasteiger partial charge is 0.504 e. The normalized spacial score (nSPS) is 41.5. The number of methoxy groups -OCH3 is 1. The first-order chi connectivity index (χ1) is 17.4. The average Bonchev–Trinajstić information content (AvgIpc) is 3.64. The quantitative estimate of drug-likeness (QED) is 0.665. The fourth-order valence-corrected chi connectivity index (χ4v) is 9.90. The Balaban J connectivity index is 1.36. The van der Waals surface area contributed by atoms with Gasteiger partial charge in [-0.05, 0) is 88.1 Å². The second kappa shape index (κ2) is 6.83. The molecule has 3 heterocycles. The fourth-order valence-electron chi connectivity index (χ4n) is 9.90. The first kappa shape index (κ1) is 21.9. The number of likely N-dealkylation sites (tertiary alicyclic amines) is 1. The Morgan fingerprint density at radius 2 is 2.06 bits per heavy atom. The summed E-state index contributed by atoms with van der Waals surface area (Å²) in [5, 5.41) is 23.3. The molecule has 2 aliphatic heterocycles. The number of fused-ring (bicyclic) bond motifs is 2. The van der Waals surface area contributed by atoms with Gasteiger partial charge in [0.1, 0.15) is 17.3 Å². The van der Waals surface area contributed by atoms with Crippen LogP contribution in [-0.2, 0) is 22.2 Å². The summed E-state index contributed by atoms with van der Waals surface area (Å²) in [6.07, 6.45) is 9.05. The Kier molecular flexibility index (Phi) is 4.15. The highest BCUT2D eigenvalue weighted by Crippen LogP contribution is 2.77. The number of ether oxygens (including phenoxy) is 2. The first-order valence-electron chi connectivity index (χ1n) is 13.8. The van der Waals surface area contributed by atoms with Crippen molar-refractivity contribution in [2.45, 2.75) is 80.6 Å². The molecule has 9 rings (SSSR count). The number of aliphatic hydroxyl groups is 1. The number of benzene rings is 1. The molecule has 1 saturated heterocycles. The van der Waals surface area contributed by atoms with E-state index in [9.17, 15) is 10.2 Å². The maximum atomic E-state index is 12.3. The molecule has 0 amide bonds. The third-order valence-electron chi connectivity index (χ3n) is 11.5. The zero-order valence-corrected chi connectivity index (χ0v) is 21.2. The molecule has 5 fully saturated rings. The van der Waals surface area contributed by atoms with Crippen LogP contribution in [0, 0.1) is 17.3 Å². The topological polar surface area (TPSA) is 75.0 Å². The molecule has 7 unspecified atom stereocenters. The second-order valence-corrected chi connectivity index (χ2v) is 12.8. The van der Waals surface area contributed by atoms with Crippen molar-refractivity contribution in [3.63, 3.8) is 0 Å². The van der Waals surface area contributed by atoms with E-state index in [1.54, 1.807) is 13.3 Å². The van der Waals surface area contributed by atoms with E-state index in [1.807, 2.05) is 31.2 Å². The Bertz CT molecular complexity index is 1250. The third-order valence-corrected chi connectivity index (χ3v) is 11.5. The molecular weight excluding hydrogens is 452 g/mol. The highest BCUT2D eigenvalue weighted by molar-refractivity contribution is 5.63. The molecule has 1 aromatic heterocycles. The van der Waals surface area contributed by atoms with Gasteiger partial charge < -0.3 is 19.7 Å². The molecule has 4 saturated carbocycles. The van der Waals surface area contributed by atoms with Crippen molar-refractivity contribution in [2.24, 2.45) is 17.3 Å². The van der Waals surface area contributed by atoms with Gasteiger partial charge in [0, 0.05) is 48.2 Å². The maximum Gasteiger partial charge on any atom is 0.165 e. The Labute approximate surface area is 212 Å². The Hall–Kier alpha value is -2.15. The monoisotopic (exact) mass is 488 g/mol. The van der Waals surface area contributed by atoms with Crippen LogP contribution in [0.3, 0.4) is 0 Å². The lowest BCUT2D eigenvalue weighted by Crippen LogP contribution is -2.82. The van der Waals surface area contributed by atoms with Gasteiger partial charge in [0.2, 0.25) is 0 Å². The van der Waals surface area contributed by atoms with Crippen molar-refractivity contribution in [1.82, 2.24) is 9.88 Å². The number of rotatable bonds is 5. The summed E-state index contributed by atoms with van der Waals surface area (Å²) in [7, 11) is 1.80. The van der Waals surface area contributed by atoms with E-state index in [4.69, 9.17) is 9.47 Å². The number of hydrogen-bond donors (Lipinski definition) is 2. The van der Waals surface area contributed by atoms with Gasteiger partial charge in [-0.2, -0.15) is 0 Å². The number of phenolic OH excluding ortho intramolecular Hbond substituents is 1. The number of piperidine rings is 1. The second-order valence-electron chi connectivity index (χ2n) is 12.8. The lowest BCUT2D eigenvalue weighted by molar-refractivity contribution is -0.304. The van der Waals surface area contributed by atoms with Crippen LogP contribution in [0.4, 0.5) is 0 Å². The summed E-state index contributed by atoms with van der Waals surface area (Å²) < 4.78 is 13.5. The molecule has 0 radical (unpaired) electrons. The predicted molar refractivity (Wildman–Crippen MR) is 134 cm³/mol. The van der Waals surface area contributed by atoms with Crippen LogP contribution in [0.5, 0.6) is 11.5 Å². The van der Waals surface area contributed by atoms with E-state index < -0.39 is 11.2 Å². The minimum absolute atomic E-state index is 0.0272. The number of aromatic nitrogens is 1. The standard InChI is InChI=1S/C30H36N2O4/c1-27(34,22-5-3-4-13-31-22)21-16-28-10-11-30(21,35-2)26-29(28)12-14-32(17-18-6-7-18)23(28)15-19-8-9-20(33)25(36-26)24(19)29/h3-5,8-9,13,18,21,23,26,33-34H,6-7,10-12,14-17H2,1-2H3. The fraction of sp³-hybridized carbons (Fsp3) is 0.633. The Morgan fingerprint density at radius 3 is 2.81 bits per heavy atom. The predicted octanol–water partition coefficient (Wildman–Crippen LogP) is 3.92. The number of phenols is 1. The van der Waals surface area contributed by atoms with Gasteiger partial charge in [0.05, 0.1) is 5.69 Å². The molecule has 2 N–H and O–H groups in total. The van der Waals surface area contributed by atoms with Crippen molar-refractivity contribution in [2.75, 3.05) is 20.2 Å². The van der Waals surface area contributed by atoms with Gasteiger partial charge >= 0.3 is 0 Å². The smallest absolute Gasteiger partial charge is 0.165 e. The maximum absolute atomic E-state index is 12.3. The number of pyridine rings is 1. The summed E-state index contributed by atoms with van der Waals surface area (Å²) in [6, 6.07) is 10.2. The molecule has 36 heavy (non-hydrogen) atoms. The first-order valence-corrected chi connectivity index (χ1v) is 13.8. The van der Waals surface area contributed by atoms with Gasteiger partial charge in [-0.1, -0.05) is 12.1 Å². The molecule has 6 heteroatoms. The van der Waals surface area contributed by atoms with Crippen molar-refractivity contribution in [1.29, 1.82) is 0 Å². The van der Waals surface area contributed by atoms with Gasteiger partial charge in [-0.15, -0.1) is 0 Å². The molecule has 2 aromatic rings. The van der Waals surface area contributed by atoms with E-state index in [2.05, 4.69) is 16.0 Å². The van der Waals surface area contributed by atoms with E-state index in [0.29, 0.717) is 17.5 Å². The van der Waals surface area contributed by atoms with E-state index in [1.165, 1.54) is 30.5 Å². The van der Waals surface area contributed by atoms with Crippen LogP contribution >= 0.6 is 0 Å². The van der Waals surface area contributed by atoms with Crippen molar-refractivity contribution < 1.29 is 19.7 Å². The number of hydrogen-bond acceptors (Lipinski definition) is 6. The van der Waals surface area contributed by atoms with E-state index >= 15 is 0 Å². The highest BCUT2D eigenvalue weighted by atomic mass is 16.6. The molecular formula is C30H36N2O4. The van der Waals surface area contributed by atoms with Gasteiger partial charge in [-0.3, -0.25) is 9.88 Å². The van der Waals surface area contributed by atoms with E-state index in [0.717, 1.165) is 44.6 Å². The molecule has 6 nitrogen and oxygen atoms in total. The minimum atomic E-state index is -1.16. The van der Waals surface area contributed by atoms with Gasteiger partial charge in [0.25, 0.3) is 0 Å². The van der Waals surface area contributed by atoms with E-state index in [-0.39, 0.29) is 28.6 Å². The van der Waals surface area contributed by atoms with Crippen molar-refractivity contribution in [3.05, 3.63) is 53.3 Å². The highest BCUT2D eigenvalue weighted by Gasteiger charge is 2.82. The minimum Gasteiger partial charge on any atom is -0.504 e. The molecule has 4 bridgehead atoms. The Morgan fingerprint density at radius 1 is 1.19 bits per heavy atom. The molecule has 1 aromatic carbocycles. The molecule has 7 aliphatic rings. The van der Waals surface area contributed by atoms with Gasteiger partial charge in [-0.25, -0.2) is 0 Å². The molecule has 190 valence electrons. The van der Waals surface area contributed by atoms with Crippen LogP contribution in [0.15, 0.2) is 36.5 Å². The van der Waals surface area contributed by atoms with Crippen LogP contribution < -0.4 is 4.74 Å². The molecule has 5 aliphatic carbocycles. The summed E-state index contributed by atoms with van der Waals surface area (Å²) in [5.74, 6) is 1.58. The van der Waals surface area contributed by atoms with Crippen LogP contribution in [-0.4, -0.2) is 58.0 Å². The van der Waals surface area contributed by atoms with Crippen LogP contribution in [0.1, 0.15) is 62.3 Å².